The van der Waals surface area contributed by atoms with Gasteiger partial charge in [0.05, 0.1) is 0 Å². The van der Waals surface area contributed by atoms with Gasteiger partial charge in [-0.1, -0.05) is 8.44 Å². The molecule has 0 saturated carbocycles. The van der Waals surface area contributed by atoms with Crippen LogP contribution in [-0.2, 0) is 0 Å². The third kappa shape index (κ3) is 42.0. The van der Waals surface area contributed by atoms with Crippen LogP contribution < -0.4 is 0 Å². The summed E-state index contributed by atoms with van der Waals surface area (Å²) in [6, 6.07) is 0. The zero-order valence-corrected chi connectivity index (χ0v) is 14.1. The molecule has 0 aromatic carbocycles. The lowest BCUT2D eigenvalue weighted by molar-refractivity contribution is 2.53. The van der Waals surface area contributed by atoms with Crippen molar-refractivity contribution < 1.29 is 0 Å². The molecule has 7 heavy (non-hydrogen) atoms. The molecule has 0 fully saturated rings. The lowest BCUT2D eigenvalue weighted by Crippen LogP contribution is -1.82. The van der Waals surface area contributed by atoms with Gasteiger partial charge < -0.3 is 0 Å². The largest absolute Gasteiger partial charge is 0.101 e. The van der Waals surface area contributed by atoms with E-state index in [4.69, 9.17) is 0 Å². The fourth-order valence-electron chi connectivity index (χ4n) is 0. The predicted octanol–water partition coefficient (Wildman–Crippen LogP) is 4.68. The van der Waals surface area contributed by atoms with Crippen LogP contribution >= 0.6 is 89.9 Å². The molecule has 0 aromatic heterocycles. The molecule has 1 unspecified atom stereocenters. The molecule has 0 heterocycles. The van der Waals surface area contributed by atoms with Crippen molar-refractivity contribution in [1.29, 1.82) is 0 Å². The highest BCUT2D eigenvalue weighted by Crippen LogP contribution is 3.15. The summed E-state index contributed by atoms with van der Waals surface area (Å²) in [5.74, 6) is 0. The summed E-state index contributed by atoms with van der Waals surface area (Å²) in [7, 11) is 2.90. The van der Waals surface area contributed by atoms with Gasteiger partial charge in [-0.2, -0.15) is 0 Å². The van der Waals surface area contributed by atoms with Crippen LogP contribution in [0.4, 0.5) is 0 Å². The Morgan fingerprint density at radius 2 is 1.14 bits per heavy atom. The van der Waals surface area contributed by atoms with Crippen molar-refractivity contribution in [1.82, 2.24) is 0 Å². The molecule has 0 aliphatic carbocycles. The standard InChI is InChI=1S/CH5I4PS/c1-7(2,3,4,5)6/h6H2,1H3. The zero-order valence-electron chi connectivity index (χ0n) is 3.50. The topological polar surface area (TPSA) is 0 Å². The predicted molar refractivity (Wildman–Crippen MR) is 79.3 cm³/mol. The maximum Gasteiger partial charge on any atom is -0.0113 e. The van der Waals surface area contributed by atoms with Crippen LogP contribution in [0.15, 0.2) is 0 Å². The molecular weight excluding hydrogens is 583 g/mol. The molecular formula is CH5I4PS. The lowest BCUT2D eigenvalue weighted by Gasteiger charge is -2.51. The van der Waals surface area contributed by atoms with Gasteiger partial charge in [0, 0.05) is 0 Å². The zero-order chi connectivity index (χ0) is 6.41. The molecule has 0 aliphatic heterocycles. The van der Waals surface area contributed by atoms with Crippen molar-refractivity contribution in [3.8, 4) is 0 Å². The number of hydrogen-bond acceptors (Lipinski definition) is 0. The Morgan fingerprint density at radius 1 is 1.14 bits per heavy atom. The number of halogens is 4. The van der Waals surface area contributed by atoms with Crippen LogP contribution in [0, 0.1) is 0 Å². The lowest BCUT2D eigenvalue weighted by atomic mass is 12.0. The monoisotopic (exact) mass is 588 g/mol. The molecule has 0 nitrogen and oxygen atoms in total. The molecule has 0 aliphatic rings. The molecule has 0 saturated heterocycles. The van der Waals surface area contributed by atoms with Gasteiger partial charge in [0.15, 0.2) is 0 Å². The van der Waals surface area contributed by atoms with Crippen LogP contribution in [0.2, 0.25) is 0 Å². The molecule has 0 spiro atoms. The summed E-state index contributed by atoms with van der Waals surface area (Å²) in [6.07, 6.45) is 2.26. The summed E-state index contributed by atoms with van der Waals surface area (Å²) in [5.41, 5.74) is 0. The van der Waals surface area contributed by atoms with Gasteiger partial charge >= 0.3 is 0 Å². The minimum atomic E-state index is -1.68. The first kappa shape index (κ1) is 10.7. The molecule has 0 rings (SSSR count). The third-order valence-electron chi connectivity index (χ3n) is 0. The quantitative estimate of drug-likeness (QED) is 0.285. The fraction of sp³-hybridized carbons (Fsp3) is 1.00. The van der Waals surface area contributed by atoms with E-state index in [1.165, 1.54) is 0 Å². The maximum atomic E-state index is 2.90. The van der Waals surface area contributed by atoms with Crippen molar-refractivity contribution >= 4 is 89.9 Å². The Kier molecular flexibility index (Phi) is 3.21. The van der Waals surface area contributed by atoms with E-state index in [0.717, 1.165) is 0 Å². The second-order valence-corrected chi connectivity index (χ2v) is 83.3. The Balaban J connectivity index is 4.43. The van der Waals surface area contributed by atoms with Crippen LogP contribution in [0.25, 0.3) is 0 Å². The minimum Gasteiger partial charge on any atom is -0.101 e. The molecule has 0 bridgehead atoms. The summed E-state index contributed by atoms with van der Waals surface area (Å²) in [6.45, 7) is 0. The first-order chi connectivity index (χ1) is 2.45. The molecule has 6 heteroatoms. The van der Waals surface area contributed by atoms with Crippen LogP contribution in [0.5, 0.6) is 0 Å². The highest BCUT2D eigenvalue weighted by atomic mass is 127. The molecule has 0 aromatic rings. The second-order valence-electron chi connectivity index (χ2n) is 1.56. The normalized spacial score (nSPS) is 23.1. The maximum absolute atomic E-state index is 2.90. The average molecular weight is 588 g/mol. The van der Waals surface area contributed by atoms with Gasteiger partial charge in [0.2, 0.25) is 0 Å². The van der Waals surface area contributed by atoms with Crippen molar-refractivity contribution in [2.75, 3.05) is 6.26 Å². The highest BCUT2D eigenvalue weighted by molar-refractivity contribution is 14.6. The van der Waals surface area contributed by atoms with E-state index >= 15 is 0 Å². The van der Waals surface area contributed by atoms with Crippen LogP contribution in [0.1, 0.15) is 0 Å². The number of hydrogen-bond donors (Lipinski definition) is 0. The molecule has 1 atom stereocenters. The van der Waals surface area contributed by atoms with Crippen molar-refractivity contribution in [2.24, 2.45) is 0 Å². The van der Waals surface area contributed by atoms with Crippen LogP contribution in [-0.4, -0.2) is 6.26 Å². The third-order valence-corrected chi connectivity index (χ3v) is 0. The summed E-state index contributed by atoms with van der Waals surface area (Å²) < 4.78 is -1.68. The molecule has 0 N–H and O–H groups in total. The van der Waals surface area contributed by atoms with E-state index in [1.807, 2.05) is 0 Å². The second kappa shape index (κ2) is 2.10. The van der Waals surface area contributed by atoms with E-state index in [2.05, 4.69) is 99.5 Å². The van der Waals surface area contributed by atoms with E-state index in [1.54, 1.807) is 0 Å². The Morgan fingerprint density at radius 3 is 1.14 bits per heavy atom. The minimum absolute atomic E-state index is 1.68. The van der Waals surface area contributed by atoms with E-state index in [9.17, 15) is 0 Å². The van der Waals surface area contributed by atoms with Crippen molar-refractivity contribution in [3.05, 3.63) is 0 Å². The Hall–Kier alpha value is 3.70. The first-order valence-electron chi connectivity index (χ1n) is 1.26. The first-order valence-corrected chi connectivity index (χ1v) is 15.8. The summed E-state index contributed by atoms with van der Waals surface area (Å²) >= 11 is 9.95. The summed E-state index contributed by atoms with van der Waals surface area (Å²) in [5, 5.41) is 0. The molecule has 48 valence electrons. The molecule has 0 radical (unpaired) electrons. The Bertz CT molecular complexity index is 70.3. The molecule has 0 amide bonds. The SMILES string of the molecule is CS(P)(I)(I)(I)I. The van der Waals surface area contributed by atoms with Gasteiger partial charge in [0.25, 0.3) is 0 Å². The number of rotatable bonds is 0. The van der Waals surface area contributed by atoms with Gasteiger partial charge in [-0.15, -0.1) is -3.40 Å². The smallest absolute Gasteiger partial charge is 0.0113 e. The van der Waals surface area contributed by atoms with Crippen molar-refractivity contribution in [2.45, 2.75) is 0 Å². The van der Waals surface area contributed by atoms with Gasteiger partial charge in [-0.3, -0.25) is 0 Å². The van der Waals surface area contributed by atoms with Crippen LogP contribution in [0.3, 0.4) is 0 Å². The van der Waals surface area contributed by atoms with Crippen molar-refractivity contribution in [3.63, 3.8) is 0 Å². The van der Waals surface area contributed by atoms with E-state index in [0.29, 0.717) is 0 Å². The van der Waals surface area contributed by atoms with Gasteiger partial charge in [0.1, 0.15) is 0 Å². The fourth-order valence-corrected chi connectivity index (χ4v) is 0. The highest BCUT2D eigenvalue weighted by Gasteiger charge is 2.39. The van der Waals surface area contributed by atoms with E-state index in [-0.39, 0.29) is 0 Å². The van der Waals surface area contributed by atoms with Gasteiger partial charge in [-0.25, -0.2) is 0 Å². The summed E-state index contributed by atoms with van der Waals surface area (Å²) in [4.78, 5) is 0. The van der Waals surface area contributed by atoms with E-state index < -0.39 is -3.40 Å². The average Bonchev–Trinajstić information content (AvgIpc) is 0.592. The Labute approximate surface area is 93.6 Å². The van der Waals surface area contributed by atoms with Gasteiger partial charge in [-0.05, 0) is 91.1 Å².